The lowest BCUT2D eigenvalue weighted by Crippen LogP contribution is -2.29. The summed E-state index contributed by atoms with van der Waals surface area (Å²) in [6.45, 7) is 2.19. The van der Waals surface area contributed by atoms with Crippen LogP contribution in [0.4, 0.5) is 0 Å². The van der Waals surface area contributed by atoms with Crippen LogP contribution < -0.4 is 11.2 Å². The fourth-order valence-corrected chi connectivity index (χ4v) is 2.40. The van der Waals surface area contributed by atoms with Crippen LogP contribution in [0.3, 0.4) is 0 Å². The molecule has 2 heterocycles. The monoisotopic (exact) mass is 326 g/mol. The maximum Gasteiger partial charge on any atom is 0.330 e. The van der Waals surface area contributed by atoms with E-state index in [2.05, 4.69) is 15.0 Å². The number of fused-ring (bicyclic) bond motifs is 1. The first-order chi connectivity index (χ1) is 11.5. The van der Waals surface area contributed by atoms with Crippen LogP contribution in [0.15, 0.2) is 39.9 Å². The Hall–Kier alpha value is -3.42. The van der Waals surface area contributed by atoms with Crippen LogP contribution in [0.25, 0.3) is 28.6 Å². The number of imidazole rings is 1. The first-order valence-corrected chi connectivity index (χ1v) is 7.24. The number of hydrogen-bond acceptors (Lipinski definition) is 4. The van der Waals surface area contributed by atoms with Gasteiger partial charge in [0.2, 0.25) is 0 Å². The van der Waals surface area contributed by atoms with E-state index in [1.165, 1.54) is 10.6 Å². The first kappa shape index (κ1) is 15.5. The Morgan fingerprint density at radius 2 is 1.96 bits per heavy atom. The smallest absolute Gasteiger partial charge is 0.330 e. The highest BCUT2D eigenvalue weighted by molar-refractivity contribution is 5.85. The third-order valence-corrected chi connectivity index (χ3v) is 3.55. The zero-order chi connectivity index (χ0) is 17.3. The number of nitrogens with one attached hydrogen (secondary N) is 2. The van der Waals surface area contributed by atoms with E-state index >= 15 is 0 Å². The van der Waals surface area contributed by atoms with Crippen molar-refractivity contribution >= 4 is 23.2 Å². The Bertz CT molecular complexity index is 1050. The topological polar surface area (TPSA) is 121 Å². The minimum atomic E-state index is -1.02. The molecule has 24 heavy (non-hydrogen) atoms. The van der Waals surface area contributed by atoms with Crippen LogP contribution in [0.2, 0.25) is 0 Å². The van der Waals surface area contributed by atoms with Crippen LogP contribution >= 0.6 is 0 Å². The summed E-state index contributed by atoms with van der Waals surface area (Å²) in [6, 6.07) is 6.97. The molecule has 2 aromatic heterocycles. The molecular formula is C16H14N4O4. The Morgan fingerprint density at radius 3 is 2.58 bits per heavy atom. The summed E-state index contributed by atoms with van der Waals surface area (Å²) in [5.41, 5.74) is 0.953. The van der Waals surface area contributed by atoms with Crippen molar-refractivity contribution in [1.29, 1.82) is 0 Å². The van der Waals surface area contributed by atoms with E-state index in [-0.39, 0.29) is 5.52 Å². The average Bonchev–Trinajstić information content (AvgIpc) is 2.99. The van der Waals surface area contributed by atoms with E-state index in [0.29, 0.717) is 23.6 Å². The SMILES string of the molecule is CCn1c(=O)[nH]c(=O)c2nc(-c3ccc(/C=C/C(=O)O)cc3)[nH]c21. The van der Waals surface area contributed by atoms with Gasteiger partial charge in [-0.2, -0.15) is 0 Å². The molecule has 0 spiro atoms. The van der Waals surface area contributed by atoms with Crippen molar-refractivity contribution in [3.8, 4) is 11.4 Å². The molecular weight excluding hydrogens is 312 g/mol. The average molecular weight is 326 g/mol. The molecule has 0 aliphatic heterocycles. The van der Waals surface area contributed by atoms with Gasteiger partial charge in [0.15, 0.2) is 5.52 Å². The Balaban J connectivity index is 2.07. The highest BCUT2D eigenvalue weighted by Gasteiger charge is 2.12. The number of aromatic nitrogens is 4. The van der Waals surface area contributed by atoms with Gasteiger partial charge < -0.3 is 10.1 Å². The zero-order valence-corrected chi connectivity index (χ0v) is 12.7. The van der Waals surface area contributed by atoms with Gasteiger partial charge in [-0.3, -0.25) is 14.3 Å². The van der Waals surface area contributed by atoms with Crippen LogP contribution in [-0.2, 0) is 11.3 Å². The molecule has 1 aromatic carbocycles. The minimum Gasteiger partial charge on any atom is -0.478 e. The number of aryl methyl sites for hydroxylation is 1. The van der Waals surface area contributed by atoms with Crippen LogP contribution in [0.5, 0.6) is 0 Å². The summed E-state index contributed by atoms with van der Waals surface area (Å²) in [4.78, 5) is 43.7. The lowest BCUT2D eigenvalue weighted by atomic mass is 10.1. The maximum atomic E-state index is 11.9. The molecule has 0 bridgehead atoms. The van der Waals surface area contributed by atoms with Crippen molar-refractivity contribution in [3.63, 3.8) is 0 Å². The summed E-state index contributed by atoms with van der Waals surface area (Å²) >= 11 is 0. The Morgan fingerprint density at radius 1 is 1.25 bits per heavy atom. The van der Waals surface area contributed by atoms with Gasteiger partial charge in [0.25, 0.3) is 5.56 Å². The van der Waals surface area contributed by atoms with E-state index in [1.54, 1.807) is 31.2 Å². The number of aromatic amines is 2. The number of nitrogens with zero attached hydrogens (tertiary/aromatic N) is 2. The third-order valence-electron chi connectivity index (χ3n) is 3.55. The van der Waals surface area contributed by atoms with E-state index in [1.807, 2.05) is 0 Å². The summed E-state index contributed by atoms with van der Waals surface area (Å²) in [7, 11) is 0. The molecule has 0 saturated heterocycles. The normalized spacial score (nSPS) is 11.4. The van der Waals surface area contributed by atoms with Crippen molar-refractivity contribution in [1.82, 2.24) is 19.5 Å². The molecule has 8 heteroatoms. The summed E-state index contributed by atoms with van der Waals surface area (Å²) in [5.74, 6) is -0.565. The number of hydrogen-bond donors (Lipinski definition) is 3. The minimum absolute atomic E-state index is 0.168. The van der Waals surface area contributed by atoms with Gasteiger partial charge in [-0.25, -0.2) is 14.6 Å². The van der Waals surface area contributed by atoms with Crippen molar-refractivity contribution in [2.24, 2.45) is 0 Å². The lowest BCUT2D eigenvalue weighted by molar-refractivity contribution is -0.131. The second kappa shape index (κ2) is 5.99. The first-order valence-electron chi connectivity index (χ1n) is 7.24. The zero-order valence-electron chi connectivity index (χ0n) is 12.7. The number of rotatable bonds is 4. The van der Waals surface area contributed by atoms with Gasteiger partial charge in [0.1, 0.15) is 11.5 Å². The molecule has 0 atom stereocenters. The van der Waals surface area contributed by atoms with Gasteiger partial charge >= 0.3 is 11.7 Å². The molecule has 0 radical (unpaired) electrons. The van der Waals surface area contributed by atoms with E-state index in [0.717, 1.165) is 11.6 Å². The molecule has 0 aliphatic rings. The third kappa shape index (κ3) is 2.76. The van der Waals surface area contributed by atoms with E-state index in [4.69, 9.17) is 5.11 Å². The van der Waals surface area contributed by atoms with Crippen molar-refractivity contribution in [2.75, 3.05) is 0 Å². The van der Waals surface area contributed by atoms with Crippen LogP contribution in [0, 0.1) is 0 Å². The van der Waals surface area contributed by atoms with Crippen LogP contribution in [-0.4, -0.2) is 30.6 Å². The quantitative estimate of drug-likeness (QED) is 0.622. The Labute approximate surface area is 135 Å². The number of H-pyrrole nitrogens is 2. The standard InChI is InChI=1S/C16H14N4O4/c1-2-20-14-12(15(23)19-16(20)24)17-13(18-14)10-6-3-9(4-7-10)5-8-11(21)22/h3-8H,2H2,1H3,(H,17,18)(H,21,22)(H,19,23,24)/b8-5+. The summed E-state index contributed by atoms with van der Waals surface area (Å²) in [5, 5.41) is 8.62. The second-order valence-corrected chi connectivity index (χ2v) is 5.08. The van der Waals surface area contributed by atoms with Gasteiger partial charge in [-0.1, -0.05) is 24.3 Å². The van der Waals surface area contributed by atoms with Crippen molar-refractivity contribution in [3.05, 3.63) is 56.7 Å². The molecule has 0 fully saturated rings. The molecule has 122 valence electrons. The molecule has 0 unspecified atom stereocenters. The second-order valence-electron chi connectivity index (χ2n) is 5.08. The molecule has 0 saturated carbocycles. The van der Waals surface area contributed by atoms with Crippen molar-refractivity contribution < 1.29 is 9.90 Å². The van der Waals surface area contributed by atoms with Gasteiger partial charge in [-0.05, 0) is 18.6 Å². The highest BCUT2D eigenvalue weighted by Crippen LogP contribution is 2.19. The van der Waals surface area contributed by atoms with Crippen molar-refractivity contribution in [2.45, 2.75) is 13.5 Å². The van der Waals surface area contributed by atoms with E-state index < -0.39 is 17.2 Å². The molecule has 3 N–H and O–H groups in total. The number of carboxylic acids is 1. The predicted molar refractivity (Wildman–Crippen MR) is 88.8 cm³/mol. The van der Waals surface area contributed by atoms with Gasteiger partial charge in [-0.15, -0.1) is 0 Å². The van der Waals surface area contributed by atoms with Gasteiger partial charge in [0, 0.05) is 18.2 Å². The summed E-state index contributed by atoms with van der Waals surface area (Å²) < 4.78 is 1.40. The number of carboxylic acid groups (broad SMARTS) is 1. The molecule has 3 rings (SSSR count). The largest absolute Gasteiger partial charge is 0.478 e. The fraction of sp³-hybridized carbons (Fsp3) is 0.125. The highest BCUT2D eigenvalue weighted by atomic mass is 16.4. The fourth-order valence-electron chi connectivity index (χ4n) is 2.40. The molecule has 0 aliphatic carbocycles. The molecule has 8 nitrogen and oxygen atoms in total. The Kier molecular flexibility index (Phi) is 3.87. The van der Waals surface area contributed by atoms with Gasteiger partial charge in [0.05, 0.1) is 0 Å². The number of carbonyl (C=O) groups is 1. The summed E-state index contributed by atoms with van der Waals surface area (Å²) in [6.07, 6.45) is 2.53. The molecule has 0 amide bonds. The van der Waals surface area contributed by atoms with Crippen LogP contribution in [0.1, 0.15) is 12.5 Å². The van der Waals surface area contributed by atoms with E-state index in [9.17, 15) is 14.4 Å². The number of aliphatic carboxylic acids is 1. The molecule has 3 aromatic rings. The lowest BCUT2D eigenvalue weighted by Gasteiger charge is -2.01. The number of benzene rings is 1. The predicted octanol–water partition coefficient (Wildman–Crippen LogP) is 1.20. The maximum absolute atomic E-state index is 11.9.